The lowest BCUT2D eigenvalue weighted by atomic mass is 10.2. The van der Waals surface area contributed by atoms with Crippen molar-refractivity contribution in [3.8, 4) is 0 Å². The summed E-state index contributed by atoms with van der Waals surface area (Å²) in [6, 6.07) is 6.84. The van der Waals surface area contributed by atoms with Crippen molar-refractivity contribution in [3.05, 3.63) is 29.8 Å². The van der Waals surface area contributed by atoms with Gasteiger partial charge in [-0.15, -0.1) is 0 Å². The van der Waals surface area contributed by atoms with Gasteiger partial charge in [-0.05, 0) is 24.3 Å². The van der Waals surface area contributed by atoms with Crippen molar-refractivity contribution in [2.75, 3.05) is 18.9 Å². The lowest BCUT2D eigenvalue weighted by Gasteiger charge is -2.15. The Bertz CT molecular complexity index is 495. The molecule has 4 N–H and O–H groups in total. The Morgan fingerprint density at radius 3 is 2.56 bits per heavy atom. The Kier molecular flexibility index (Phi) is 3.42. The van der Waals surface area contributed by atoms with Crippen molar-refractivity contribution in [2.24, 2.45) is 4.99 Å². The molecule has 0 radical (unpaired) electrons. The average Bonchev–Trinajstić information content (AvgIpc) is 2.40. The summed E-state index contributed by atoms with van der Waals surface area (Å²) >= 11 is 0. The second-order valence-electron chi connectivity index (χ2n) is 3.62. The van der Waals surface area contributed by atoms with Crippen LogP contribution >= 0.6 is 0 Å². The summed E-state index contributed by atoms with van der Waals surface area (Å²) in [7, 11) is 1.55. The van der Waals surface area contributed by atoms with E-state index in [0.717, 1.165) is 5.56 Å². The molecule has 1 aliphatic rings. The summed E-state index contributed by atoms with van der Waals surface area (Å²) in [5, 5.41) is 5.11. The number of hydrogen-bond acceptors (Lipinski definition) is 4. The number of aliphatic imine (C=N–C) groups is 1. The molecule has 0 saturated carbocycles. The predicted octanol–water partition coefficient (Wildman–Crippen LogP) is -0.181. The molecule has 94 valence electrons. The van der Waals surface area contributed by atoms with Crippen LogP contribution in [0.3, 0.4) is 0 Å². The number of rotatable bonds is 2. The van der Waals surface area contributed by atoms with Crippen molar-refractivity contribution in [1.29, 1.82) is 0 Å². The van der Waals surface area contributed by atoms with E-state index in [1.807, 2.05) is 0 Å². The second kappa shape index (κ2) is 5.17. The first-order chi connectivity index (χ1) is 8.69. The lowest BCUT2D eigenvalue weighted by molar-refractivity contribution is -0.120. The van der Waals surface area contributed by atoms with Crippen LogP contribution in [-0.2, 0) is 4.79 Å². The molecule has 0 saturated heterocycles. The predicted molar refractivity (Wildman–Crippen MR) is 67.2 cm³/mol. The molecule has 1 aromatic rings. The number of nitrogens with zero attached hydrogens (tertiary/aromatic N) is 1. The number of amidine groups is 1. The van der Waals surface area contributed by atoms with Crippen LogP contribution in [0.2, 0.25) is 0 Å². The smallest absolute Gasteiger partial charge is 0.318 e. The number of carbonyl (C=O) groups is 2. The molecular formula is C11H13N5O2. The number of nitrogens with one attached hydrogen (secondary N) is 4. The van der Waals surface area contributed by atoms with Crippen LogP contribution in [-0.4, -0.2) is 31.4 Å². The molecule has 1 aromatic carbocycles. The third-order valence-electron chi connectivity index (χ3n) is 2.34. The normalized spacial score (nSPS) is 14.1. The summed E-state index contributed by atoms with van der Waals surface area (Å²) in [4.78, 5) is 26.1. The molecule has 0 aromatic heterocycles. The molecule has 2 rings (SSSR count). The summed E-state index contributed by atoms with van der Waals surface area (Å²) in [5.41, 5.74) is 6.70. The number of hydrazine groups is 1. The first-order valence-electron chi connectivity index (χ1n) is 5.37. The van der Waals surface area contributed by atoms with Gasteiger partial charge in [-0.2, -0.15) is 0 Å². The van der Waals surface area contributed by atoms with E-state index in [4.69, 9.17) is 0 Å². The quantitative estimate of drug-likeness (QED) is 0.584. The molecule has 7 heteroatoms. The fraction of sp³-hybridized carbons (Fsp3) is 0.182. The minimum Gasteiger partial charge on any atom is -0.341 e. The molecule has 18 heavy (non-hydrogen) atoms. The number of amides is 3. The van der Waals surface area contributed by atoms with Gasteiger partial charge in [0.1, 0.15) is 12.4 Å². The molecule has 0 atom stereocenters. The van der Waals surface area contributed by atoms with Crippen molar-refractivity contribution in [3.63, 3.8) is 0 Å². The van der Waals surface area contributed by atoms with Crippen LogP contribution in [0.5, 0.6) is 0 Å². The number of carbonyl (C=O) groups excluding carboxylic acids is 2. The third kappa shape index (κ3) is 2.76. The SMILES string of the molecule is CNC(=O)Nc1ccc(C2=NCC(=O)NN2)cc1. The van der Waals surface area contributed by atoms with Crippen LogP contribution in [0.4, 0.5) is 10.5 Å². The lowest BCUT2D eigenvalue weighted by Crippen LogP contribution is -2.47. The van der Waals surface area contributed by atoms with Crippen LogP contribution in [0.1, 0.15) is 5.56 Å². The van der Waals surface area contributed by atoms with Gasteiger partial charge in [0.25, 0.3) is 5.91 Å². The Labute approximate surface area is 104 Å². The largest absolute Gasteiger partial charge is 0.341 e. The molecule has 3 amide bonds. The maximum Gasteiger partial charge on any atom is 0.318 e. The van der Waals surface area contributed by atoms with E-state index in [1.165, 1.54) is 0 Å². The minimum atomic E-state index is -0.275. The van der Waals surface area contributed by atoms with E-state index in [2.05, 4.69) is 26.5 Å². The molecule has 1 heterocycles. The molecule has 0 fully saturated rings. The van der Waals surface area contributed by atoms with Gasteiger partial charge in [0, 0.05) is 18.3 Å². The molecule has 7 nitrogen and oxygen atoms in total. The van der Waals surface area contributed by atoms with Gasteiger partial charge in [0.05, 0.1) is 0 Å². The van der Waals surface area contributed by atoms with E-state index < -0.39 is 0 Å². The van der Waals surface area contributed by atoms with Crippen LogP contribution in [0.25, 0.3) is 0 Å². The summed E-state index contributed by atoms with van der Waals surface area (Å²) in [5.74, 6) is 0.428. The third-order valence-corrected chi connectivity index (χ3v) is 2.34. The highest BCUT2D eigenvalue weighted by molar-refractivity contribution is 6.03. The Hall–Kier alpha value is -2.57. The topological polar surface area (TPSA) is 94.6 Å². The highest BCUT2D eigenvalue weighted by Gasteiger charge is 2.11. The number of anilines is 1. The van der Waals surface area contributed by atoms with E-state index in [1.54, 1.807) is 31.3 Å². The maximum atomic E-state index is 11.1. The van der Waals surface area contributed by atoms with Gasteiger partial charge in [-0.3, -0.25) is 20.6 Å². The van der Waals surface area contributed by atoms with Crippen LogP contribution in [0, 0.1) is 0 Å². The Morgan fingerprint density at radius 2 is 2.00 bits per heavy atom. The maximum absolute atomic E-state index is 11.1. The molecule has 0 aliphatic carbocycles. The van der Waals surface area contributed by atoms with E-state index in [0.29, 0.717) is 11.5 Å². The summed E-state index contributed by atoms with van der Waals surface area (Å²) < 4.78 is 0. The van der Waals surface area contributed by atoms with E-state index >= 15 is 0 Å². The van der Waals surface area contributed by atoms with Crippen molar-refractivity contribution < 1.29 is 9.59 Å². The van der Waals surface area contributed by atoms with E-state index in [-0.39, 0.29) is 18.5 Å². The number of hydrogen-bond donors (Lipinski definition) is 4. The van der Waals surface area contributed by atoms with Crippen LogP contribution < -0.4 is 21.5 Å². The van der Waals surface area contributed by atoms with Crippen molar-refractivity contribution in [1.82, 2.24) is 16.2 Å². The zero-order chi connectivity index (χ0) is 13.0. The zero-order valence-electron chi connectivity index (χ0n) is 9.78. The first kappa shape index (κ1) is 11.9. The van der Waals surface area contributed by atoms with E-state index in [9.17, 15) is 9.59 Å². The molecule has 0 spiro atoms. The van der Waals surface area contributed by atoms with Gasteiger partial charge >= 0.3 is 6.03 Å². The Morgan fingerprint density at radius 1 is 1.28 bits per heavy atom. The second-order valence-corrected chi connectivity index (χ2v) is 3.62. The van der Waals surface area contributed by atoms with Crippen molar-refractivity contribution in [2.45, 2.75) is 0 Å². The van der Waals surface area contributed by atoms with Gasteiger partial charge in [0.15, 0.2) is 0 Å². The molecule has 0 bridgehead atoms. The fourth-order valence-electron chi connectivity index (χ4n) is 1.43. The Balaban J connectivity index is 2.08. The van der Waals surface area contributed by atoms with Gasteiger partial charge in [-0.1, -0.05) is 0 Å². The number of benzene rings is 1. The number of urea groups is 1. The molecule has 1 aliphatic heterocycles. The van der Waals surface area contributed by atoms with Gasteiger partial charge in [-0.25, -0.2) is 4.79 Å². The summed E-state index contributed by atoms with van der Waals surface area (Å²) in [6.45, 7) is 0.112. The average molecular weight is 247 g/mol. The van der Waals surface area contributed by atoms with Crippen molar-refractivity contribution >= 4 is 23.5 Å². The highest BCUT2D eigenvalue weighted by atomic mass is 16.2. The van der Waals surface area contributed by atoms with Gasteiger partial charge < -0.3 is 10.6 Å². The first-order valence-corrected chi connectivity index (χ1v) is 5.37. The summed E-state index contributed by atoms with van der Waals surface area (Å²) in [6.07, 6.45) is 0. The highest BCUT2D eigenvalue weighted by Crippen LogP contribution is 2.10. The minimum absolute atomic E-state index is 0.112. The monoisotopic (exact) mass is 247 g/mol. The molecule has 0 unspecified atom stereocenters. The zero-order valence-corrected chi connectivity index (χ0v) is 9.78. The fourth-order valence-corrected chi connectivity index (χ4v) is 1.43. The molecular weight excluding hydrogens is 234 g/mol. The van der Waals surface area contributed by atoms with Crippen LogP contribution in [0.15, 0.2) is 29.3 Å². The van der Waals surface area contributed by atoms with Gasteiger partial charge in [0.2, 0.25) is 0 Å². The standard InChI is InChI=1S/C11H13N5O2/c1-12-11(18)14-8-4-2-7(3-5-8)10-13-6-9(17)15-16-10/h2-5H,6H2,1H3,(H,13,16)(H,15,17)(H2,12,14,18).